The SMILES string of the molecule is C/C=C/COc1ccc(C(C)NC)cc1Cl. The van der Waals surface area contributed by atoms with Gasteiger partial charge in [0.1, 0.15) is 12.4 Å². The van der Waals surface area contributed by atoms with Gasteiger partial charge in [0, 0.05) is 6.04 Å². The van der Waals surface area contributed by atoms with E-state index in [2.05, 4.69) is 12.2 Å². The molecule has 1 atom stereocenters. The van der Waals surface area contributed by atoms with Crippen LogP contribution in [0.2, 0.25) is 5.02 Å². The first-order chi connectivity index (χ1) is 7.69. The zero-order valence-corrected chi connectivity index (χ0v) is 10.7. The molecule has 0 amide bonds. The van der Waals surface area contributed by atoms with Gasteiger partial charge in [0.25, 0.3) is 0 Å². The minimum absolute atomic E-state index is 0.294. The van der Waals surface area contributed by atoms with Crippen LogP contribution in [-0.4, -0.2) is 13.7 Å². The van der Waals surface area contributed by atoms with Gasteiger partial charge in [-0.2, -0.15) is 0 Å². The molecule has 0 heterocycles. The van der Waals surface area contributed by atoms with Crippen LogP contribution in [0.1, 0.15) is 25.5 Å². The lowest BCUT2D eigenvalue weighted by atomic mass is 10.1. The fraction of sp³-hybridized carbons (Fsp3) is 0.385. The number of hydrogen-bond acceptors (Lipinski definition) is 2. The van der Waals surface area contributed by atoms with Crippen molar-refractivity contribution >= 4 is 11.6 Å². The van der Waals surface area contributed by atoms with Gasteiger partial charge in [0.05, 0.1) is 5.02 Å². The molecule has 0 saturated heterocycles. The minimum atomic E-state index is 0.294. The molecule has 88 valence electrons. The second-order valence-corrected chi connectivity index (χ2v) is 3.99. The van der Waals surface area contributed by atoms with Gasteiger partial charge >= 0.3 is 0 Å². The predicted octanol–water partition coefficient (Wildman–Crippen LogP) is 3.58. The summed E-state index contributed by atoms with van der Waals surface area (Å²) in [7, 11) is 1.93. The van der Waals surface area contributed by atoms with E-state index in [0.717, 1.165) is 11.3 Å². The third kappa shape index (κ3) is 3.54. The molecule has 1 rings (SSSR count). The number of allylic oxidation sites excluding steroid dienone is 1. The quantitative estimate of drug-likeness (QED) is 0.794. The van der Waals surface area contributed by atoms with E-state index in [1.165, 1.54) is 0 Å². The van der Waals surface area contributed by atoms with Crippen molar-refractivity contribution in [2.45, 2.75) is 19.9 Å². The van der Waals surface area contributed by atoms with Crippen molar-refractivity contribution in [1.82, 2.24) is 5.32 Å². The fourth-order valence-corrected chi connectivity index (χ4v) is 1.55. The van der Waals surface area contributed by atoms with Gasteiger partial charge in [-0.25, -0.2) is 0 Å². The third-order valence-electron chi connectivity index (χ3n) is 2.46. The first-order valence-electron chi connectivity index (χ1n) is 5.39. The van der Waals surface area contributed by atoms with Gasteiger partial charge in [-0.1, -0.05) is 29.8 Å². The largest absolute Gasteiger partial charge is 0.488 e. The fourth-order valence-electron chi connectivity index (χ4n) is 1.30. The molecule has 0 spiro atoms. The Labute approximate surface area is 102 Å². The first-order valence-corrected chi connectivity index (χ1v) is 5.77. The van der Waals surface area contributed by atoms with E-state index in [1.807, 2.05) is 44.3 Å². The Morgan fingerprint density at radius 3 is 2.81 bits per heavy atom. The summed E-state index contributed by atoms with van der Waals surface area (Å²) in [6, 6.07) is 6.17. The van der Waals surface area contributed by atoms with E-state index in [4.69, 9.17) is 16.3 Å². The maximum absolute atomic E-state index is 6.13. The Balaban J connectivity index is 2.75. The average molecular weight is 240 g/mol. The summed E-state index contributed by atoms with van der Waals surface area (Å²) in [5, 5.41) is 3.83. The Kier molecular flexibility index (Phi) is 5.36. The molecular formula is C13H18ClNO. The lowest BCUT2D eigenvalue weighted by Gasteiger charge is -2.12. The second kappa shape index (κ2) is 6.56. The highest BCUT2D eigenvalue weighted by Crippen LogP contribution is 2.27. The second-order valence-electron chi connectivity index (χ2n) is 3.58. The van der Waals surface area contributed by atoms with Crippen molar-refractivity contribution in [2.24, 2.45) is 0 Å². The molecule has 0 bridgehead atoms. The van der Waals surface area contributed by atoms with E-state index in [-0.39, 0.29) is 0 Å². The standard InChI is InChI=1S/C13H18ClNO/c1-4-5-8-16-13-7-6-11(9-12(13)14)10(2)15-3/h4-7,9-10,15H,8H2,1-3H3/b5-4+. The van der Waals surface area contributed by atoms with Gasteiger partial charge in [-0.15, -0.1) is 0 Å². The number of halogens is 1. The number of rotatable bonds is 5. The topological polar surface area (TPSA) is 21.3 Å². The van der Waals surface area contributed by atoms with E-state index in [1.54, 1.807) is 0 Å². The van der Waals surface area contributed by atoms with E-state index < -0.39 is 0 Å². The minimum Gasteiger partial charge on any atom is -0.488 e. The highest BCUT2D eigenvalue weighted by Gasteiger charge is 2.06. The monoisotopic (exact) mass is 239 g/mol. The average Bonchev–Trinajstić information content (AvgIpc) is 2.30. The summed E-state index contributed by atoms with van der Waals surface area (Å²) in [5.41, 5.74) is 1.16. The van der Waals surface area contributed by atoms with Gasteiger partial charge in [0.15, 0.2) is 0 Å². The molecule has 0 fully saturated rings. The van der Waals surface area contributed by atoms with E-state index in [0.29, 0.717) is 17.7 Å². The van der Waals surface area contributed by atoms with Crippen LogP contribution in [0.5, 0.6) is 5.75 Å². The number of hydrogen-bond donors (Lipinski definition) is 1. The van der Waals surface area contributed by atoms with Crippen LogP contribution in [0.4, 0.5) is 0 Å². The molecule has 16 heavy (non-hydrogen) atoms. The summed E-state index contributed by atoms with van der Waals surface area (Å²) in [6.45, 7) is 4.60. The lowest BCUT2D eigenvalue weighted by Crippen LogP contribution is -2.12. The van der Waals surface area contributed by atoms with Gasteiger partial charge in [-0.05, 0) is 38.6 Å². The first kappa shape index (κ1) is 13.1. The maximum atomic E-state index is 6.13. The van der Waals surface area contributed by atoms with Crippen LogP contribution in [0.25, 0.3) is 0 Å². The van der Waals surface area contributed by atoms with Crippen molar-refractivity contribution < 1.29 is 4.74 Å². The highest BCUT2D eigenvalue weighted by atomic mass is 35.5. The number of nitrogens with one attached hydrogen (secondary N) is 1. The van der Waals surface area contributed by atoms with E-state index in [9.17, 15) is 0 Å². The smallest absolute Gasteiger partial charge is 0.138 e. The molecule has 1 aromatic rings. The summed E-state index contributed by atoms with van der Waals surface area (Å²) in [5.74, 6) is 0.729. The Hall–Kier alpha value is -0.990. The molecule has 0 aromatic heterocycles. The summed E-state index contributed by atoms with van der Waals surface area (Å²) in [6.07, 6.45) is 3.89. The van der Waals surface area contributed by atoms with Crippen molar-refractivity contribution in [2.75, 3.05) is 13.7 Å². The number of ether oxygens (including phenoxy) is 1. The summed E-state index contributed by atoms with van der Waals surface area (Å²) >= 11 is 6.13. The van der Waals surface area contributed by atoms with Crippen LogP contribution in [-0.2, 0) is 0 Å². The Morgan fingerprint density at radius 2 is 2.25 bits per heavy atom. The summed E-state index contributed by atoms with van der Waals surface area (Å²) in [4.78, 5) is 0. The maximum Gasteiger partial charge on any atom is 0.138 e. The van der Waals surface area contributed by atoms with Gasteiger partial charge < -0.3 is 10.1 Å². The van der Waals surface area contributed by atoms with Gasteiger partial charge in [-0.3, -0.25) is 0 Å². The zero-order chi connectivity index (χ0) is 12.0. The van der Waals surface area contributed by atoms with Crippen molar-refractivity contribution in [3.05, 3.63) is 40.9 Å². The zero-order valence-electron chi connectivity index (χ0n) is 9.96. The molecule has 1 unspecified atom stereocenters. The molecule has 0 aliphatic heterocycles. The molecule has 0 aliphatic rings. The molecule has 3 heteroatoms. The molecule has 1 aromatic carbocycles. The van der Waals surface area contributed by atoms with Crippen LogP contribution >= 0.6 is 11.6 Å². The van der Waals surface area contributed by atoms with Crippen LogP contribution in [0.3, 0.4) is 0 Å². The lowest BCUT2D eigenvalue weighted by molar-refractivity contribution is 0.362. The van der Waals surface area contributed by atoms with E-state index >= 15 is 0 Å². The van der Waals surface area contributed by atoms with Crippen molar-refractivity contribution in [1.29, 1.82) is 0 Å². The molecule has 0 saturated carbocycles. The van der Waals surface area contributed by atoms with Gasteiger partial charge in [0.2, 0.25) is 0 Å². The van der Waals surface area contributed by atoms with Crippen LogP contribution in [0, 0.1) is 0 Å². The summed E-state index contributed by atoms with van der Waals surface area (Å²) < 4.78 is 5.51. The predicted molar refractivity (Wildman–Crippen MR) is 69.2 cm³/mol. The molecule has 2 nitrogen and oxygen atoms in total. The molecule has 0 radical (unpaired) electrons. The molecule has 0 aliphatic carbocycles. The Morgan fingerprint density at radius 1 is 1.50 bits per heavy atom. The Bertz CT molecular complexity index is 363. The van der Waals surface area contributed by atoms with Crippen molar-refractivity contribution in [3.8, 4) is 5.75 Å². The third-order valence-corrected chi connectivity index (χ3v) is 2.76. The van der Waals surface area contributed by atoms with Crippen LogP contribution < -0.4 is 10.1 Å². The molecular weight excluding hydrogens is 222 g/mol. The number of benzene rings is 1. The molecule has 1 N–H and O–H groups in total. The highest BCUT2D eigenvalue weighted by molar-refractivity contribution is 6.32. The van der Waals surface area contributed by atoms with Crippen LogP contribution in [0.15, 0.2) is 30.4 Å². The normalized spacial score (nSPS) is 13.0. The van der Waals surface area contributed by atoms with Crippen molar-refractivity contribution in [3.63, 3.8) is 0 Å².